The van der Waals surface area contributed by atoms with Crippen molar-refractivity contribution in [3.63, 3.8) is 0 Å². The molecule has 2 atom stereocenters. The smallest absolute Gasteiger partial charge is 0.235 e. The summed E-state index contributed by atoms with van der Waals surface area (Å²) in [5.41, 5.74) is 2.64. The number of fused-ring (bicyclic) bond motifs is 1. The molecule has 188 valence electrons. The Kier molecular flexibility index (Phi) is 8.39. The van der Waals surface area contributed by atoms with Crippen molar-refractivity contribution in [1.82, 2.24) is 14.8 Å². The number of halogens is 1. The van der Waals surface area contributed by atoms with E-state index in [9.17, 15) is 10.1 Å². The van der Waals surface area contributed by atoms with E-state index in [1.165, 1.54) is 28.0 Å². The molecule has 0 saturated heterocycles. The van der Waals surface area contributed by atoms with Gasteiger partial charge in [-0.2, -0.15) is 5.26 Å². The van der Waals surface area contributed by atoms with Crippen LogP contribution in [0.5, 0.6) is 5.75 Å². The number of nitrogens with one attached hydrogen (secondary N) is 1. The molecule has 1 aromatic carbocycles. The molecule has 7 nitrogen and oxygen atoms in total. The third-order valence-electron chi connectivity index (χ3n) is 6.07. The van der Waals surface area contributed by atoms with Crippen molar-refractivity contribution < 1.29 is 9.53 Å². The van der Waals surface area contributed by atoms with Crippen LogP contribution in [0, 0.1) is 24.2 Å². The van der Waals surface area contributed by atoms with E-state index < -0.39 is 0 Å². The van der Waals surface area contributed by atoms with Crippen LogP contribution in [0.4, 0.5) is 5.00 Å². The number of thiophene rings is 1. The molecule has 2 aromatic heterocycles. The van der Waals surface area contributed by atoms with Crippen molar-refractivity contribution in [2.45, 2.75) is 57.8 Å². The predicted molar refractivity (Wildman–Crippen MR) is 145 cm³/mol. The Morgan fingerprint density at radius 3 is 3.03 bits per heavy atom. The minimum absolute atomic E-state index is 0.143. The molecule has 1 aliphatic rings. The van der Waals surface area contributed by atoms with Crippen LogP contribution in [-0.2, 0) is 24.2 Å². The monoisotopic (exact) mass is 541 g/mol. The van der Waals surface area contributed by atoms with Gasteiger partial charge in [0.25, 0.3) is 0 Å². The molecule has 4 rings (SSSR count). The first-order valence-corrected chi connectivity index (χ1v) is 13.9. The van der Waals surface area contributed by atoms with E-state index in [1.807, 2.05) is 30.5 Å². The van der Waals surface area contributed by atoms with Crippen molar-refractivity contribution in [2.75, 3.05) is 11.1 Å². The summed E-state index contributed by atoms with van der Waals surface area (Å²) in [4.78, 5) is 14.0. The molecule has 0 fully saturated rings. The number of nitriles is 1. The number of carbonyl (C=O) groups excluding carboxylic acids is 1. The maximum Gasteiger partial charge on any atom is 0.235 e. The number of anilines is 1. The van der Waals surface area contributed by atoms with Crippen LogP contribution in [0.3, 0.4) is 0 Å². The lowest BCUT2D eigenvalue weighted by molar-refractivity contribution is -0.113. The van der Waals surface area contributed by atoms with E-state index in [4.69, 9.17) is 16.3 Å². The van der Waals surface area contributed by atoms with Gasteiger partial charge in [-0.25, -0.2) is 0 Å². The van der Waals surface area contributed by atoms with Crippen LogP contribution < -0.4 is 10.1 Å². The first-order valence-electron chi connectivity index (χ1n) is 11.7. The molecule has 1 aliphatic carbocycles. The average molecular weight is 542 g/mol. The van der Waals surface area contributed by atoms with Gasteiger partial charge >= 0.3 is 0 Å². The second kappa shape index (κ2) is 11.5. The van der Waals surface area contributed by atoms with E-state index in [1.54, 1.807) is 12.1 Å². The lowest BCUT2D eigenvalue weighted by Crippen LogP contribution is -2.15. The van der Waals surface area contributed by atoms with Gasteiger partial charge in [0.05, 0.1) is 11.3 Å². The molecule has 2 heterocycles. The van der Waals surface area contributed by atoms with Gasteiger partial charge in [-0.05, 0) is 68.4 Å². The lowest BCUT2D eigenvalue weighted by atomic mass is 9.89. The molecule has 10 heteroatoms. The largest absolute Gasteiger partial charge is 0.482 e. The highest BCUT2D eigenvalue weighted by Crippen LogP contribution is 2.39. The number of hydrogen-bond donors (Lipinski definition) is 1. The number of nitrogens with zero attached hydrogens (tertiary/aromatic N) is 4. The highest BCUT2D eigenvalue weighted by Gasteiger charge is 2.25. The van der Waals surface area contributed by atoms with Gasteiger partial charge in [-0.1, -0.05) is 36.4 Å². The van der Waals surface area contributed by atoms with Gasteiger partial charge in [-0.3, -0.25) is 9.36 Å². The predicted octanol–water partition coefficient (Wildman–Crippen LogP) is 6.35. The number of aromatic nitrogens is 3. The number of rotatable bonds is 9. The SMILES string of the molecule is C=CCn1c(SCC(=O)Nc2sc3c(c2C#N)CCC(C)C3)nnc1C(C)Oc1ccc(Cl)cc1C. The fourth-order valence-electron chi connectivity index (χ4n) is 4.25. The van der Waals surface area contributed by atoms with Gasteiger partial charge in [0.1, 0.15) is 16.8 Å². The van der Waals surface area contributed by atoms with Crippen molar-refractivity contribution in [3.8, 4) is 11.8 Å². The quantitative estimate of drug-likeness (QED) is 0.250. The summed E-state index contributed by atoms with van der Waals surface area (Å²) in [5.74, 6) is 1.92. The van der Waals surface area contributed by atoms with E-state index in [0.717, 1.165) is 36.1 Å². The Balaban J connectivity index is 1.44. The molecule has 0 aliphatic heterocycles. The van der Waals surface area contributed by atoms with Crippen LogP contribution in [0.1, 0.15) is 53.8 Å². The number of benzene rings is 1. The molecular weight excluding hydrogens is 514 g/mol. The standard InChI is InChI=1S/C26H28ClN5O2S2/c1-5-10-32-24(17(4)34-21-9-7-18(27)12-16(21)3)30-31-26(32)35-14-23(33)29-25-20(13-28)19-8-6-15(2)11-22(19)36-25/h5,7,9,12,15,17H,1,6,8,10-11,14H2,2-4H3,(H,29,33). The van der Waals surface area contributed by atoms with Gasteiger partial charge in [0.15, 0.2) is 17.1 Å². The summed E-state index contributed by atoms with van der Waals surface area (Å²) in [6.07, 6.45) is 4.31. The molecule has 36 heavy (non-hydrogen) atoms. The van der Waals surface area contributed by atoms with Crippen LogP contribution in [0.2, 0.25) is 5.02 Å². The summed E-state index contributed by atoms with van der Waals surface area (Å²) in [5, 5.41) is 23.2. The Bertz CT molecular complexity index is 1330. The topological polar surface area (TPSA) is 92.8 Å². The van der Waals surface area contributed by atoms with E-state index >= 15 is 0 Å². The second-order valence-corrected chi connectivity index (χ2v) is 11.4. The van der Waals surface area contributed by atoms with Gasteiger partial charge < -0.3 is 10.1 Å². The molecular formula is C26H28ClN5O2S2. The number of thioether (sulfide) groups is 1. The minimum Gasteiger partial charge on any atom is -0.482 e. The molecule has 0 bridgehead atoms. The number of hydrogen-bond acceptors (Lipinski definition) is 7. The summed E-state index contributed by atoms with van der Waals surface area (Å²) in [7, 11) is 0. The molecule has 0 spiro atoms. The zero-order chi connectivity index (χ0) is 25.8. The van der Waals surface area contributed by atoms with Gasteiger partial charge in [0, 0.05) is 16.4 Å². The number of ether oxygens (including phenoxy) is 1. The first kappa shape index (κ1) is 26.3. The number of aryl methyl sites for hydroxylation is 1. The van der Waals surface area contributed by atoms with Gasteiger partial charge in [0.2, 0.25) is 5.91 Å². The maximum atomic E-state index is 12.8. The van der Waals surface area contributed by atoms with Crippen LogP contribution in [0.25, 0.3) is 0 Å². The Morgan fingerprint density at radius 1 is 1.50 bits per heavy atom. The third kappa shape index (κ3) is 5.77. The highest BCUT2D eigenvalue weighted by atomic mass is 35.5. The average Bonchev–Trinajstić information content (AvgIpc) is 3.39. The maximum absolute atomic E-state index is 12.8. The molecule has 0 saturated carbocycles. The minimum atomic E-state index is -0.376. The van der Waals surface area contributed by atoms with Crippen LogP contribution >= 0.6 is 34.7 Å². The second-order valence-electron chi connectivity index (χ2n) is 8.91. The first-order chi connectivity index (χ1) is 17.3. The van der Waals surface area contributed by atoms with Crippen molar-refractivity contribution in [2.24, 2.45) is 5.92 Å². The normalized spacial score (nSPS) is 15.6. The van der Waals surface area contributed by atoms with Crippen molar-refractivity contribution in [1.29, 1.82) is 5.26 Å². The highest BCUT2D eigenvalue weighted by molar-refractivity contribution is 7.99. The summed E-state index contributed by atoms with van der Waals surface area (Å²) in [6, 6.07) is 7.76. The van der Waals surface area contributed by atoms with Crippen LogP contribution in [0.15, 0.2) is 36.0 Å². The van der Waals surface area contributed by atoms with Crippen molar-refractivity contribution >= 4 is 45.6 Å². The van der Waals surface area contributed by atoms with Gasteiger partial charge in [-0.15, -0.1) is 28.1 Å². The Morgan fingerprint density at radius 2 is 2.31 bits per heavy atom. The number of amides is 1. The van der Waals surface area contributed by atoms with E-state index in [0.29, 0.717) is 39.0 Å². The fraction of sp³-hybridized carbons (Fsp3) is 0.385. The molecule has 3 aromatic rings. The number of carbonyl (C=O) groups is 1. The Labute approximate surface area is 224 Å². The zero-order valence-corrected chi connectivity index (χ0v) is 22.9. The summed E-state index contributed by atoms with van der Waals surface area (Å²) in [6.45, 7) is 10.4. The summed E-state index contributed by atoms with van der Waals surface area (Å²) >= 11 is 8.88. The van der Waals surface area contributed by atoms with E-state index in [2.05, 4.69) is 35.1 Å². The lowest BCUT2D eigenvalue weighted by Gasteiger charge is -2.17. The molecule has 0 radical (unpaired) electrons. The number of allylic oxidation sites excluding steroid dienone is 1. The molecule has 2 unspecified atom stereocenters. The molecule has 1 amide bonds. The van der Waals surface area contributed by atoms with E-state index in [-0.39, 0.29) is 17.8 Å². The van der Waals surface area contributed by atoms with Crippen molar-refractivity contribution in [3.05, 3.63) is 63.3 Å². The fourth-order valence-corrected chi connectivity index (χ4v) is 6.61. The Hall–Kier alpha value is -2.80. The summed E-state index contributed by atoms with van der Waals surface area (Å²) < 4.78 is 8.03. The molecule has 1 N–H and O–H groups in total. The zero-order valence-electron chi connectivity index (χ0n) is 20.5. The third-order valence-corrected chi connectivity index (χ3v) is 8.44. The van der Waals surface area contributed by atoms with Crippen LogP contribution in [-0.4, -0.2) is 26.4 Å².